The third kappa shape index (κ3) is 3.69. The van der Waals surface area contributed by atoms with Crippen molar-refractivity contribution >= 4 is 12.4 Å². The van der Waals surface area contributed by atoms with Crippen molar-refractivity contribution < 1.29 is 5.11 Å². The van der Waals surface area contributed by atoms with E-state index in [-0.39, 0.29) is 12.4 Å². The van der Waals surface area contributed by atoms with Crippen LogP contribution in [0.2, 0.25) is 0 Å². The Balaban J connectivity index is 0.00000128. The molecule has 0 aliphatic heterocycles. The largest absolute Gasteiger partial charge is 0.508 e. The second-order valence-corrected chi connectivity index (χ2v) is 4.34. The minimum absolute atomic E-state index is 0. The van der Waals surface area contributed by atoms with Crippen molar-refractivity contribution in [2.24, 2.45) is 0 Å². The van der Waals surface area contributed by atoms with Crippen LogP contribution in [0.1, 0.15) is 37.7 Å². The summed E-state index contributed by atoms with van der Waals surface area (Å²) in [7, 11) is 0. The van der Waals surface area contributed by atoms with E-state index in [4.69, 9.17) is 0 Å². The Hall–Kier alpha value is -0.730. The van der Waals surface area contributed by atoms with Gasteiger partial charge in [-0.3, -0.25) is 0 Å². The van der Waals surface area contributed by atoms with Crippen LogP contribution >= 0.6 is 12.4 Å². The van der Waals surface area contributed by atoms with Gasteiger partial charge in [0, 0.05) is 18.2 Å². The summed E-state index contributed by atoms with van der Waals surface area (Å²) in [6.07, 6.45) is 6.65. The summed E-state index contributed by atoms with van der Waals surface area (Å²) in [4.78, 5) is 0. The van der Waals surface area contributed by atoms with Gasteiger partial charge in [0.1, 0.15) is 5.75 Å². The van der Waals surface area contributed by atoms with Crippen LogP contribution in [0.3, 0.4) is 0 Å². The molecule has 0 spiro atoms. The van der Waals surface area contributed by atoms with E-state index < -0.39 is 0 Å². The van der Waals surface area contributed by atoms with Crippen LogP contribution < -0.4 is 5.32 Å². The summed E-state index contributed by atoms with van der Waals surface area (Å²) >= 11 is 0. The SMILES string of the molecule is Cl.Oc1ccccc1CNC1CCCCC1. The second kappa shape index (κ2) is 6.77. The summed E-state index contributed by atoms with van der Waals surface area (Å²) in [5.41, 5.74) is 1.00. The molecule has 16 heavy (non-hydrogen) atoms. The molecule has 0 aromatic heterocycles. The lowest BCUT2D eigenvalue weighted by Gasteiger charge is -2.23. The van der Waals surface area contributed by atoms with Crippen molar-refractivity contribution in [2.45, 2.75) is 44.7 Å². The molecule has 2 N–H and O–H groups in total. The highest BCUT2D eigenvalue weighted by Gasteiger charge is 2.12. The Morgan fingerprint density at radius 3 is 2.50 bits per heavy atom. The Morgan fingerprint density at radius 2 is 1.81 bits per heavy atom. The van der Waals surface area contributed by atoms with Gasteiger partial charge in [-0.15, -0.1) is 12.4 Å². The first-order valence-electron chi connectivity index (χ1n) is 5.86. The van der Waals surface area contributed by atoms with Gasteiger partial charge in [0.05, 0.1) is 0 Å². The van der Waals surface area contributed by atoms with Gasteiger partial charge >= 0.3 is 0 Å². The summed E-state index contributed by atoms with van der Waals surface area (Å²) in [5, 5.41) is 13.1. The lowest BCUT2D eigenvalue weighted by Crippen LogP contribution is -2.30. The third-order valence-electron chi connectivity index (χ3n) is 3.18. The highest BCUT2D eigenvalue weighted by molar-refractivity contribution is 5.85. The minimum atomic E-state index is 0. The highest BCUT2D eigenvalue weighted by Crippen LogP contribution is 2.19. The van der Waals surface area contributed by atoms with Crippen LogP contribution in [0, 0.1) is 0 Å². The van der Waals surface area contributed by atoms with E-state index in [1.54, 1.807) is 6.07 Å². The number of phenolic OH excluding ortho intramolecular Hbond substituents is 1. The van der Waals surface area contributed by atoms with Crippen molar-refractivity contribution in [1.82, 2.24) is 5.32 Å². The molecule has 3 heteroatoms. The number of halogens is 1. The topological polar surface area (TPSA) is 32.3 Å². The highest BCUT2D eigenvalue weighted by atomic mass is 35.5. The Bertz CT molecular complexity index is 311. The fourth-order valence-corrected chi connectivity index (χ4v) is 2.22. The van der Waals surface area contributed by atoms with Gasteiger partial charge in [-0.2, -0.15) is 0 Å². The zero-order valence-electron chi connectivity index (χ0n) is 9.48. The average Bonchev–Trinajstić information content (AvgIpc) is 2.29. The maximum atomic E-state index is 9.60. The number of rotatable bonds is 3. The van der Waals surface area contributed by atoms with Crippen molar-refractivity contribution in [1.29, 1.82) is 0 Å². The Labute approximate surface area is 103 Å². The molecule has 1 aliphatic rings. The normalized spacial score (nSPS) is 16.8. The number of hydrogen-bond donors (Lipinski definition) is 2. The molecule has 1 aliphatic carbocycles. The van der Waals surface area contributed by atoms with E-state index in [1.165, 1.54) is 32.1 Å². The van der Waals surface area contributed by atoms with Gasteiger partial charge < -0.3 is 10.4 Å². The molecule has 2 nitrogen and oxygen atoms in total. The maximum Gasteiger partial charge on any atom is 0.120 e. The lowest BCUT2D eigenvalue weighted by molar-refractivity contribution is 0.369. The zero-order valence-corrected chi connectivity index (χ0v) is 10.3. The van der Waals surface area contributed by atoms with Crippen LogP contribution in [0.25, 0.3) is 0 Å². The van der Waals surface area contributed by atoms with E-state index in [0.717, 1.165) is 12.1 Å². The predicted molar refractivity (Wildman–Crippen MR) is 69.1 cm³/mol. The van der Waals surface area contributed by atoms with E-state index in [1.807, 2.05) is 18.2 Å². The first-order chi connectivity index (χ1) is 7.36. The van der Waals surface area contributed by atoms with Crippen LogP contribution in [0.4, 0.5) is 0 Å². The molecule has 0 radical (unpaired) electrons. The quantitative estimate of drug-likeness (QED) is 0.852. The van der Waals surface area contributed by atoms with Crippen molar-refractivity contribution in [3.63, 3.8) is 0 Å². The smallest absolute Gasteiger partial charge is 0.120 e. The van der Waals surface area contributed by atoms with E-state index in [0.29, 0.717) is 11.8 Å². The molecule has 1 aromatic rings. The van der Waals surface area contributed by atoms with E-state index >= 15 is 0 Å². The lowest BCUT2D eigenvalue weighted by atomic mass is 9.95. The van der Waals surface area contributed by atoms with Gasteiger partial charge in [-0.05, 0) is 18.9 Å². The van der Waals surface area contributed by atoms with Gasteiger partial charge in [0.2, 0.25) is 0 Å². The van der Waals surface area contributed by atoms with Crippen molar-refractivity contribution in [2.75, 3.05) is 0 Å². The Morgan fingerprint density at radius 1 is 1.12 bits per heavy atom. The number of aromatic hydroxyl groups is 1. The van der Waals surface area contributed by atoms with Crippen LogP contribution in [0.5, 0.6) is 5.75 Å². The van der Waals surface area contributed by atoms with E-state index in [9.17, 15) is 5.11 Å². The number of nitrogens with one attached hydrogen (secondary N) is 1. The predicted octanol–water partition coefficient (Wildman–Crippen LogP) is 3.24. The number of phenols is 1. The third-order valence-corrected chi connectivity index (χ3v) is 3.18. The minimum Gasteiger partial charge on any atom is -0.508 e. The van der Waals surface area contributed by atoms with Crippen LogP contribution in [-0.2, 0) is 6.54 Å². The molecule has 1 saturated carbocycles. The zero-order chi connectivity index (χ0) is 10.5. The monoisotopic (exact) mass is 241 g/mol. The fourth-order valence-electron chi connectivity index (χ4n) is 2.22. The van der Waals surface area contributed by atoms with Crippen LogP contribution in [-0.4, -0.2) is 11.1 Å². The number of hydrogen-bond acceptors (Lipinski definition) is 2. The summed E-state index contributed by atoms with van der Waals surface area (Å²) in [6, 6.07) is 8.21. The first-order valence-corrected chi connectivity index (χ1v) is 5.86. The van der Waals surface area contributed by atoms with Crippen molar-refractivity contribution in [3.05, 3.63) is 29.8 Å². The van der Waals surface area contributed by atoms with Gasteiger partial charge in [0.15, 0.2) is 0 Å². The summed E-state index contributed by atoms with van der Waals surface area (Å²) in [6.45, 7) is 0.789. The molecule has 2 rings (SSSR count). The van der Waals surface area contributed by atoms with Crippen molar-refractivity contribution in [3.8, 4) is 5.75 Å². The molecular weight excluding hydrogens is 222 g/mol. The molecule has 90 valence electrons. The van der Waals surface area contributed by atoms with Crippen LogP contribution in [0.15, 0.2) is 24.3 Å². The van der Waals surface area contributed by atoms with E-state index in [2.05, 4.69) is 5.32 Å². The van der Waals surface area contributed by atoms with Gasteiger partial charge in [-0.25, -0.2) is 0 Å². The molecule has 0 atom stereocenters. The molecule has 0 amide bonds. The second-order valence-electron chi connectivity index (χ2n) is 4.34. The molecule has 0 heterocycles. The summed E-state index contributed by atoms with van der Waals surface area (Å²) in [5.74, 6) is 0.404. The first kappa shape index (κ1) is 13.3. The van der Waals surface area contributed by atoms with Gasteiger partial charge in [0.25, 0.3) is 0 Å². The maximum absolute atomic E-state index is 9.60. The standard InChI is InChI=1S/C13H19NO.ClH/c15-13-9-5-4-6-11(13)10-14-12-7-2-1-3-8-12;/h4-6,9,12,14-15H,1-3,7-8,10H2;1H. The molecular formula is C13H20ClNO. The Kier molecular flexibility index (Phi) is 5.64. The molecule has 0 bridgehead atoms. The molecule has 1 fully saturated rings. The molecule has 0 unspecified atom stereocenters. The van der Waals surface area contributed by atoms with Gasteiger partial charge in [-0.1, -0.05) is 37.5 Å². The number of para-hydroxylation sites is 1. The summed E-state index contributed by atoms with van der Waals surface area (Å²) < 4.78 is 0. The molecule has 0 saturated heterocycles. The number of benzene rings is 1. The average molecular weight is 242 g/mol. The fraction of sp³-hybridized carbons (Fsp3) is 0.538. The molecule has 1 aromatic carbocycles.